The minimum atomic E-state index is -1.25. The van der Waals surface area contributed by atoms with E-state index in [1.54, 1.807) is 12.3 Å². The van der Waals surface area contributed by atoms with Crippen LogP contribution in [0.25, 0.3) is 0 Å². The molecule has 0 spiro atoms. The number of nitrogens with one attached hydrogen (secondary N) is 1. The van der Waals surface area contributed by atoms with E-state index in [9.17, 15) is 14.7 Å². The number of phenolic OH excluding ortho intramolecular Hbond substituents is 1. The lowest BCUT2D eigenvalue weighted by Gasteiger charge is -2.08. The Labute approximate surface area is 123 Å². The number of rotatable bonds is 3. The Hall–Kier alpha value is -2.05. The smallest absolute Gasteiger partial charge is 0.337 e. The predicted octanol–water partition coefficient (Wildman–Crippen LogP) is 3.37. The maximum atomic E-state index is 12.1. The summed E-state index contributed by atoms with van der Waals surface area (Å²) >= 11 is 7.17. The van der Waals surface area contributed by atoms with Crippen LogP contribution in [0, 0.1) is 6.92 Å². The zero-order valence-electron chi connectivity index (χ0n) is 10.3. The highest BCUT2D eigenvalue weighted by Gasteiger charge is 2.18. The average molecular weight is 312 g/mol. The van der Waals surface area contributed by atoms with Crippen LogP contribution in [0.1, 0.15) is 25.6 Å². The minimum Gasteiger partial charge on any atom is -0.508 e. The number of anilines is 1. The van der Waals surface area contributed by atoms with Crippen LogP contribution in [0.3, 0.4) is 0 Å². The minimum absolute atomic E-state index is 0.0995. The summed E-state index contributed by atoms with van der Waals surface area (Å²) in [6, 6.07) is 3.69. The molecule has 0 fully saturated rings. The van der Waals surface area contributed by atoms with E-state index in [0.29, 0.717) is 9.90 Å². The maximum absolute atomic E-state index is 12.1. The van der Waals surface area contributed by atoms with Gasteiger partial charge >= 0.3 is 5.97 Å². The number of phenols is 1. The molecule has 20 heavy (non-hydrogen) atoms. The molecule has 0 saturated carbocycles. The highest BCUT2D eigenvalue weighted by atomic mass is 35.5. The van der Waals surface area contributed by atoms with Crippen molar-refractivity contribution in [2.45, 2.75) is 6.92 Å². The number of benzene rings is 1. The molecule has 0 unspecified atom stereocenters. The molecule has 0 aliphatic heterocycles. The van der Waals surface area contributed by atoms with Gasteiger partial charge in [0.2, 0.25) is 0 Å². The van der Waals surface area contributed by atoms with Gasteiger partial charge in [0, 0.05) is 0 Å². The number of carbonyl (C=O) groups excluding carboxylic acids is 1. The molecule has 0 aliphatic rings. The molecule has 1 aromatic carbocycles. The fourth-order valence-corrected chi connectivity index (χ4v) is 2.75. The van der Waals surface area contributed by atoms with Crippen LogP contribution in [-0.4, -0.2) is 22.1 Å². The summed E-state index contributed by atoms with van der Waals surface area (Å²) < 4.78 is 0. The molecule has 7 heteroatoms. The zero-order chi connectivity index (χ0) is 14.9. The van der Waals surface area contributed by atoms with Gasteiger partial charge in [-0.25, -0.2) is 4.79 Å². The van der Waals surface area contributed by atoms with Crippen LogP contribution in [0.4, 0.5) is 5.69 Å². The van der Waals surface area contributed by atoms with Crippen molar-refractivity contribution in [1.29, 1.82) is 0 Å². The van der Waals surface area contributed by atoms with Crippen LogP contribution >= 0.6 is 22.9 Å². The van der Waals surface area contributed by atoms with Crippen molar-refractivity contribution in [2.24, 2.45) is 0 Å². The van der Waals surface area contributed by atoms with Gasteiger partial charge in [0.05, 0.1) is 16.3 Å². The van der Waals surface area contributed by atoms with E-state index in [1.807, 2.05) is 0 Å². The second-order valence-electron chi connectivity index (χ2n) is 4.05. The number of hydrogen-bond acceptors (Lipinski definition) is 4. The Morgan fingerprint density at radius 2 is 2.05 bits per heavy atom. The summed E-state index contributed by atoms with van der Waals surface area (Å²) in [5.41, 5.74) is 0.691. The molecule has 0 bridgehead atoms. The summed E-state index contributed by atoms with van der Waals surface area (Å²) in [6.07, 6.45) is 0. The van der Waals surface area contributed by atoms with Gasteiger partial charge in [0.1, 0.15) is 10.6 Å². The van der Waals surface area contributed by atoms with Gasteiger partial charge in [-0.2, -0.15) is 0 Å². The third-order valence-electron chi connectivity index (χ3n) is 2.59. The van der Waals surface area contributed by atoms with Gasteiger partial charge in [-0.05, 0) is 36.1 Å². The third kappa shape index (κ3) is 2.76. The molecule has 3 N–H and O–H groups in total. The summed E-state index contributed by atoms with van der Waals surface area (Å²) in [6.45, 7) is 1.78. The predicted molar refractivity (Wildman–Crippen MR) is 77.1 cm³/mol. The molecule has 0 atom stereocenters. The molecule has 1 heterocycles. The summed E-state index contributed by atoms with van der Waals surface area (Å²) in [5, 5.41) is 22.9. The largest absolute Gasteiger partial charge is 0.508 e. The number of aromatic carboxylic acids is 1. The van der Waals surface area contributed by atoms with Crippen molar-refractivity contribution >= 4 is 40.5 Å². The normalized spacial score (nSPS) is 10.3. The fraction of sp³-hybridized carbons (Fsp3) is 0.0769. The van der Waals surface area contributed by atoms with E-state index in [-0.39, 0.29) is 17.0 Å². The lowest BCUT2D eigenvalue weighted by atomic mass is 10.1. The van der Waals surface area contributed by atoms with Gasteiger partial charge in [-0.15, -0.1) is 11.3 Å². The van der Waals surface area contributed by atoms with Crippen LogP contribution in [0.15, 0.2) is 23.6 Å². The Morgan fingerprint density at radius 3 is 2.60 bits per heavy atom. The van der Waals surface area contributed by atoms with Gasteiger partial charge < -0.3 is 15.5 Å². The van der Waals surface area contributed by atoms with Crippen molar-refractivity contribution in [3.8, 4) is 5.75 Å². The number of carboxylic acids is 1. The Balaban J connectivity index is 2.33. The first kappa shape index (κ1) is 14.4. The van der Waals surface area contributed by atoms with Gasteiger partial charge in [0.25, 0.3) is 5.91 Å². The molecule has 0 radical (unpaired) electrons. The second-order valence-corrected chi connectivity index (χ2v) is 5.31. The highest BCUT2D eigenvalue weighted by molar-refractivity contribution is 7.13. The number of thiophene rings is 1. The molecule has 5 nitrogen and oxygen atoms in total. The van der Waals surface area contributed by atoms with E-state index in [2.05, 4.69) is 5.32 Å². The number of aromatic hydroxyl groups is 1. The lowest BCUT2D eigenvalue weighted by molar-refractivity contribution is 0.0697. The summed E-state index contributed by atoms with van der Waals surface area (Å²) in [7, 11) is 0. The number of carbonyl (C=O) groups is 2. The number of amides is 1. The first-order valence-corrected chi connectivity index (χ1v) is 6.77. The molecular weight excluding hydrogens is 302 g/mol. The Morgan fingerprint density at radius 1 is 1.35 bits per heavy atom. The van der Waals surface area contributed by atoms with Crippen molar-refractivity contribution in [3.05, 3.63) is 44.6 Å². The molecule has 2 aromatic rings. The average Bonchev–Trinajstić information content (AvgIpc) is 2.72. The molecule has 0 aliphatic carbocycles. The summed E-state index contributed by atoms with van der Waals surface area (Å²) in [4.78, 5) is 23.5. The van der Waals surface area contributed by atoms with Gasteiger partial charge in [-0.3, -0.25) is 4.79 Å². The van der Waals surface area contributed by atoms with Crippen LogP contribution in [0.5, 0.6) is 5.75 Å². The second kappa shape index (κ2) is 5.52. The van der Waals surface area contributed by atoms with E-state index in [0.717, 1.165) is 11.6 Å². The number of aryl methyl sites for hydroxylation is 1. The molecule has 1 amide bonds. The van der Waals surface area contributed by atoms with Crippen LogP contribution in [-0.2, 0) is 0 Å². The Bertz CT molecular complexity index is 696. The lowest BCUT2D eigenvalue weighted by Crippen LogP contribution is -2.14. The standard InChI is InChI=1S/C13H10ClNO4S/c1-6-5-20-11(10(6)14)12(17)15-9-3-2-7(16)4-8(9)13(18)19/h2-5,16H,1H3,(H,15,17)(H,18,19). The van der Waals surface area contributed by atoms with Crippen molar-refractivity contribution < 1.29 is 19.8 Å². The molecule has 1 aromatic heterocycles. The first-order valence-electron chi connectivity index (χ1n) is 5.51. The quantitative estimate of drug-likeness (QED) is 0.758. The van der Waals surface area contributed by atoms with Crippen molar-refractivity contribution in [2.75, 3.05) is 5.32 Å². The number of halogens is 1. The van der Waals surface area contributed by atoms with Gasteiger partial charge in [-0.1, -0.05) is 11.6 Å². The third-order valence-corrected chi connectivity index (χ3v) is 4.28. The Kier molecular flexibility index (Phi) is 3.96. The molecule has 0 saturated heterocycles. The maximum Gasteiger partial charge on any atom is 0.337 e. The zero-order valence-corrected chi connectivity index (χ0v) is 11.9. The molecule has 104 valence electrons. The fourth-order valence-electron chi connectivity index (χ4n) is 1.58. The highest BCUT2D eigenvalue weighted by Crippen LogP contribution is 2.29. The number of hydrogen-bond donors (Lipinski definition) is 3. The van der Waals surface area contributed by atoms with Gasteiger partial charge in [0.15, 0.2) is 0 Å². The molecule has 2 rings (SSSR count). The summed E-state index contributed by atoms with van der Waals surface area (Å²) in [5.74, 6) is -1.92. The SMILES string of the molecule is Cc1csc(C(=O)Nc2ccc(O)cc2C(=O)O)c1Cl. The van der Waals surface area contributed by atoms with E-state index in [4.69, 9.17) is 16.7 Å². The van der Waals surface area contributed by atoms with E-state index < -0.39 is 11.9 Å². The number of carboxylic acid groups (broad SMARTS) is 1. The first-order chi connectivity index (χ1) is 9.40. The van der Waals surface area contributed by atoms with Crippen LogP contribution in [0.2, 0.25) is 5.02 Å². The van der Waals surface area contributed by atoms with Crippen molar-refractivity contribution in [1.82, 2.24) is 0 Å². The van der Waals surface area contributed by atoms with Crippen molar-refractivity contribution in [3.63, 3.8) is 0 Å². The topological polar surface area (TPSA) is 86.6 Å². The van der Waals surface area contributed by atoms with E-state index >= 15 is 0 Å². The molecular formula is C13H10ClNO4S. The van der Waals surface area contributed by atoms with Crippen LogP contribution < -0.4 is 5.32 Å². The monoisotopic (exact) mass is 311 g/mol. The van der Waals surface area contributed by atoms with E-state index in [1.165, 1.54) is 23.5 Å².